The van der Waals surface area contributed by atoms with E-state index in [4.69, 9.17) is 10.5 Å². The third kappa shape index (κ3) is 6.88. The molecule has 12 heteroatoms. The van der Waals surface area contributed by atoms with Crippen molar-refractivity contribution in [3.05, 3.63) is 47.5 Å². The van der Waals surface area contributed by atoms with Gasteiger partial charge in [0.25, 0.3) is 0 Å². The molecule has 0 unspecified atom stereocenters. The molecule has 41 heavy (non-hydrogen) atoms. The molecule has 1 fully saturated rings. The van der Waals surface area contributed by atoms with Crippen LogP contribution in [0.25, 0.3) is 0 Å². The summed E-state index contributed by atoms with van der Waals surface area (Å²) in [6.45, 7) is 14.8. The molecule has 220 valence electrons. The minimum atomic E-state index is -3.58. The number of anilines is 6. The van der Waals surface area contributed by atoms with Crippen LogP contribution >= 0.6 is 0 Å². The summed E-state index contributed by atoms with van der Waals surface area (Å²) in [4.78, 5) is 9.27. The van der Waals surface area contributed by atoms with Gasteiger partial charge in [-0.3, -0.25) is 5.43 Å². The monoisotopic (exact) mass is 580 g/mol. The summed E-state index contributed by atoms with van der Waals surface area (Å²) in [6, 6.07) is 10.8. The number of rotatable bonds is 11. The van der Waals surface area contributed by atoms with E-state index in [2.05, 4.69) is 56.2 Å². The molecule has 0 spiro atoms. The zero-order valence-corrected chi connectivity index (χ0v) is 25.1. The highest BCUT2D eigenvalue weighted by molar-refractivity contribution is 7.92. The highest BCUT2D eigenvalue weighted by Gasteiger charge is 2.24. The van der Waals surface area contributed by atoms with Gasteiger partial charge in [0.15, 0.2) is 21.5 Å². The second kappa shape index (κ2) is 12.7. The van der Waals surface area contributed by atoms with E-state index >= 15 is 0 Å². The quantitative estimate of drug-likeness (QED) is 0.149. The molecule has 1 aliphatic heterocycles. The highest BCUT2D eigenvalue weighted by atomic mass is 32.2. The average Bonchev–Trinajstić information content (AvgIpc) is 2.93. The Bertz CT molecular complexity index is 1500. The first-order valence-corrected chi connectivity index (χ1v) is 15.3. The molecule has 0 saturated carbocycles. The van der Waals surface area contributed by atoms with Crippen molar-refractivity contribution >= 4 is 51.2 Å². The summed E-state index contributed by atoms with van der Waals surface area (Å²) in [5.74, 6) is 1.77. The highest BCUT2D eigenvalue weighted by Crippen LogP contribution is 2.38. The van der Waals surface area contributed by atoms with Gasteiger partial charge in [-0.05, 0) is 102 Å². The van der Waals surface area contributed by atoms with E-state index in [9.17, 15) is 8.42 Å². The molecule has 0 amide bonds. The molecule has 0 radical (unpaired) electrons. The van der Waals surface area contributed by atoms with Crippen LogP contribution in [0.2, 0.25) is 0 Å². The molecule has 4 rings (SSSR count). The number of nitrogens with two attached hydrogens (primary N) is 1. The molecule has 1 saturated heterocycles. The van der Waals surface area contributed by atoms with Crippen LogP contribution in [-0.2, 0) is 9.84 Å². The third-order valence-electron chi connectivity index (χ3n) is 6.95. The van der Waals surface area contributed by atoms with Gasteiger partial charge in [0.2, 0.25) is 5.95 Å². The summed E-state index contributed by atoms with van der Waals surface area (Å²) < 4.78 is 32.3. The Morgan fingerprint density at radius 2 is 1.73 bits per heavy atom. The van der Waals surface area contributed by atoms with Crippen LogP contribution < -0.4 is 31.8 Å². The number of nitrogens with one attached hydrogen (secondary N) is 4. The van der Waals surface area contributed by atoms with Gasteiger partial charge in [-0.25, -0.2) is 8.42 Å². The summed E-state index contributed by atoms with van der Waals surface area (Å²) in [5, 5.41) is 12.9. The number of benzene rings is 2. The van der Waals surface area contributed by atoms with Gasteiger partial charge in [0.1, 0.15) is 11.4 Å². The Morgan fingerprint density at radius 1 is 1.05 bits per heavy atom. The number of sulfone groups is 1. The Morgan fingerprint density at radius 3 is 2.39 bits per heavy atom. The lowest BCUT2D eigenvalue weighted by Gasteiger charge is -2.26. The van der Waals surface area contributed by atoms with Crippen LogP contribution in [0.5, 0.6) is 5.75 Å². The van der Waals surface area contributed by atoms with Crippen molar-refractivity contribution < 1.29 is 13.2 Å². The van der Waals surface area contributed by atoms with Crippen molar-refractivity contribution in [3.63, 3.8) is 0 Å². The van der Waals surface area contributed by atoms with E-state index < -0.39 is 15.1 Å². The number of hydrogen-bond acceptors (Lipinski definition) is 11. The van der Waals surface area contributed by atoms with Gasteiger partial charge >= 0.3 is 0 Å². The number of para-hydroxylation sites is 1. The summed E-state index contributed by atoms with van der Waals surface area (Å²) in [7, 11) is -3.58. The minimum Gasteiger partial charge on any atom is -0.489 e. The Kier molecular flexibility index (Phi) is 9.34. The van der Waals surface area contributed by atoms with Crippen LogP contribution in [0.15, 0.2) is 46.4 Å². The van der Waals surface area contributed by atoms with Crippen molar-refractivity contribution in [1.29, 1.82) is 0 Å². The Balaban J connectivity index is 1.76. The molecule has 6 N–H and O–H groups in total. The molecule has 1 aliphatic rings. The van der Waals surface area contributed by atoms with E-state index in [1.807, 2.05) is 19.9 Å². The number of ether oxygens (including phenoxy) is 1. The maximum Gasteiger partial charge on any atom is 0.231 e. The zero-order chi connectivity index (χ0) is 29.7. The van der Waals surface area contributed by atoms with Gasteiger partial charge in [-0.1, -0.05) is 12.1 Å². The Hall–Kier alpha value is -3.90. The second-order valence-corrected chi connectivity index (χ2v) is 13.1. The fourth-order valence-electron chi connectivity index (χ4n) is 4.83. The van der Waals surface area contributed by atoms with Crippen LogP contribution in [0.1, 0.15) is 57.6 Å². The number of aryl methyl sites for hydroxylation is 1. The second-order valence-electron chi connectivity index (χ2n) is 10.7. The van der Waals surface area contributed by atoms with Crippen LogP contribution in [0.3, 0.4) is 0 Å². The predicted octanol–water partition coefficient (Wildman–Crippen LogP) is 5.32. The molecule has 3 aromatic rings. The number of nitrogen functional groups attached to an aromatic ring is 1. The topological polar surface area (TPSA) is 156 Å². The first kappa shape index (κ1) is 30.1. The van der Waals surface area contributed by atoms with Gasteiger partial charge in [-0.15, -0.1) is 0 Å². The van der Waals surface area contributed by atoms with Gasteiger partial charge in [0, 0.05) is 6.72 Å². The van der Waals surface area contributed by atoms with Crippen molar-refractivity contribution in [2.24, 2.45) is 5.10 Å². The normalized spacial score (nSPS) is 14.2. The molecule has 2 aromatic carbocycles. The molecule has 11 nitrogen and oxygen atoms in total. The summed E-state index contributed by atoms with van der Waals surface area (Å²) in [6.07, 6.45) is 2.09. The first-order valence-electron chi connectivity index (χ1n) is 13.8. The maximum atomic E-state index is 13.0. The predicted molar refractivity (Wildman–Crippen MR) is 167 cm³/mol. The minimum absolute atomic E-state index is 0.0507. The average molecular weight is 581 g/mol. The van der Waals surface area contributed by atoms with E-state index in [0.717, 1.165) is 31.5 Å². The number of aromatic nitrogens is 2. The molecule has 1 aromatic heterocycles. The van der Waals surface area contributed by atoms with Gasteiger partial charge < -0.3 is 26.4 Å². The number of hydrazone groups is 1. The van der Waals surface area contributed by atoms with E-state index in [1.165, 1.54) is 5.56 Å². The molecule has 2 heterocycles. The summed E-state index contributed by atoms with van der Waals surface area (Å²) in [5.41, 5.74) is 12.7. The number of hydrogen-bond donors (Lipinski definition) is 5. The fraction of sp³-hybridized carbons (Fsp3) is 0.414. The first-order chi connectivity index (χ1) is 19.5. The third-order valence-corrected chi connectivity index (χ3v) is 9.16. The molecular formula is C29H40N8O3S. The van der Waals surface area contributed by atoms with Crippen molar-refractivity contribution in [1.82, 2.24) is 15.3 Å². The molecule has 0 atom stereocenters. The standard InChI is InChI=1S/C29H40N8O3S/c1-17(2)40-24-16-21(20-11-13-32-14-12-20)19(5)15-23(24)34-29-35-27(26(30)28(36-29)37-31-6)33-22-9-7-8-10-25(22)41(38,39)18(3)4/h7-10,15-18,20,32H,6,11-14,30H2,1-5H3,(H3,33,34,35,36,37). The smallest absolute Gasteiger partial charge is 0.231 e. The van der Waals surface area contributed by atoms with Crippen LogP contribution in [0.4, 0.5) is 34.6 Å². The molecule has 0 aliphatic carbocycles. The van der Waals surface area contributed by atoms with E-state index in [-0.39, 0.29) is 34.3 Å². The molecular weight excluding hydrogens is 540 g/mol. The van der Waals surface area contributed by atoms with Crippen LogP contribution in [0, 0.1) is 6.92 Å². The van der Waals surface area contributed by atoms with E-state index in [1.54, 1.807) is 38.1 Å². The largest absolute Gasteiger partial charge is 0.489 e. The SMILES string of the molecule is C=NNc1nc(Nc2cc(C)c(C3CCNCC3)cc2OC(C)C)nc(Nc2ccccc2S(=O)(=O)C(C)C)c1N. The lowest BCUT2D eigenvalue weighted by Crippen LogP contribution is -2.27. The van der Waals surface area contributed by atoms with Crippen molar-refractivity contribution in [3.8, 4) is 5.75 Å². The lowest BCUT2D eigenvalue weighted by molar-refractivity contribution is 0.243. The zero-order valence-electron chi connectivity index (χ0n) is 24.3. The Labute approximate surface area is 242 Å². The van der Waals surface area contributed by atoms with Crippen molar-refractivity contribution in [2.75, 3.05) is 34.9 Å². The lowest BCUT2D eigenvalue weighted by atomic mass is 9.87. The summed E-state index contributed by atoms with van der Waals surface area (Å²) >= 11 is 0. The van der Waals surface area contributed by atoms with Crippen LogP contribution in [-0.4, -0.2) is 49.5 Å². The van der Waals surface area contributed by atoms with Gasteiger partial charge in [-0.2, -0.15) is 15.1 Å². The number of nitrogens with zero attached hydrogens (tertiary/aromatic N) is 3. The molecule has 0 bridgehead atoms. The van der Waals surface area contributed by atoms with Gasteiger partial charge in [0.05, 0.1) is 27.6 Å². The maximum absolute atomic E-state index is 13.0. The van der Waals surface area contributed by atoms with E-state index in [0.29, 0.717) is 23.0 Å². The number of piperidine rings is 1. The fourth-order valence-corrected chi connectivity index (χ4v) is 6.03. The van der Waals surface area contributed by atoms with Crippen molar-refractivity contribution in [2.45, 2.75) is 69.6 Å².